The molecule has 0 spiro atoms. The number of nitrogens with one attached hydrogen (secondary N) is 1. The van der Waals surface area contributed by atoms with Crippen molar-refractivity contribution in [1.29, 1.82) is 0 Å². The van der Waals surface area contributed by atoms with Gasteiger partial charge in [-0.3, -0.25) is 9.35 Å². The Hall–Kier alpha value is -1.74. The first kappa shape index (κ1) is 42.3. The van der Waals surface area contributed by atoms with Crippen molar-refractivity contribution in [2.45, 2.75) is 167 Å². The fourth-order valence-electron chi connectivity index (χ4n) is 4.85. The van der Waals surface area contributed by atoms with Crippen molar-refractivity contribution >= 4 is 16.0 Å². The lowest BCUT2D eigenvalue weighted by atomic mass is 10.0. The molecule has 1 amide bonds. The minimum absolute atomic E-state index is 0.260. The first-order valence-corrected chi connectivity index (χ1v) is 19.1. The maximum Gasteiger partial charge on any atom is 0.267 e. The van der Waals surface area contributed by atoms with E-state index in [0.29, 0.717) is 12.8 Å². The zero-order valence-electron chi connectivity index (χ0n) is 27.9. The second kappa shape index (κ2) is 29.9. The summed E-state index contributed by atoms with van der Waals surface area (Å²) >= 11 is 0. The first-order valence-electron chi connectivity index (χ1n) is 17.4. The van der Waals surface area contributed by atoms with Crippen LogP contribution in [0.25, 0.3) is 0 Å². The van der Waals surface area contributed by atoms with Crippen LogP contribution in [-0.2, 0) is 14.9 Å². The van der Waals surface area contributed by atoms with E-state index in [1.807, 2.05) is 0 Å². The number of unbranched alkanes of at least 4 members (excludes halogenated alkanes) is 15. The normalized spacial score (nSPS) is 14.8. The van der Waals surface area contributed by atoms with E-state index in [4.69, 9.17) is 0 Å². The van der Waals surface area contributed by atoms with Gasteiger partial charge in [0, 0.05) is 0 Å². The molecule has 0 saturated carbocycles. The minimum atomic E-state index is -4.45. The average molecular weight is 640 g/mol. The molecule has 0 aromatic rings. The van der Waals surface area contributed by atoms with Crippen molar-refractivity contribution in [2.75, 3.05) is 5.75 Å². The fraction of sp³-hybridized carbons (Fsp3) is 0.750. The number of hydrogen-bond acceptors (Lipinski definition) is 5. The zero-order valence-corrected chi connectivity index (χ0v) is 28.7. The highest BCUT2D eigenvalue weighted by atomic mass is 32.2. The van der Waals surface area contributed by atoms with E-state index in [9.17, 15) is 28.0 Å². The van der Waals surface area contributed by atoms with Crippen LogP contribution in [0.5, 0.6) is 0 Å². The molecule has 0 saturated heterocycles. The van der Waals surface area contributed by atoms with Crippen LogP contribution in [0.1, 0.15) is 149 Å². The smallest absolute Gasteiger partial charge is 0.267 e. The van der Waals surface area contributed by atoms with E-state index in [1.54, 1.807) is 6.08 Å². The second-order valence-corrected chi connectivity index (χ2v) is 13.4. The number of rotatable bonds is 30. The molecule has 3 atom stereocenters. The number of aliphatic hydroxyl groups is 2. The summed E-state index contributed by atoms with van der Waals surface area (Å²) in [5, 5.41) is 23.2. The molecule has 256 valence electrons. The third kappa shape index (κ3) is 29.0. The SMILES string of the molecule is CCCCC/C=C\C/C=C\CCCCCCCCC(O)C(=O)NC(CS(=O)(=O)O)C(O)/C=C/CC/C=C/CCCCCCC. The number of aliphatic hydroxyl groups excluding tert-OH is 2. The maximum absolute atomic E-state index is 12.5. The third-order valence-corrected chi connectivity index (χ3v) is 8.37. The summed E-state index contributed by atoms with van der Waals surface area (Å²) in [6.07, 6.45) is 35.9. The second-order valence-electron chi connectivity index (χ2n) is 11.9. The van der Waals surface area contributed by atoms with Gasteiger partial charge in [0.15, 0.2) is 0 Å². The van der Waals surface area contributed by atoms with Gasteiger partial charge in [0.1, 0.15) is 6.10 Å². The summed E-state index contributed by atoms with van der Waals surface area (Å²) in [6.45, 7) is 4.42. The Kier molecular flexibility index (Phi) is 28.8. The standard InChI is InChI=1S/C36H65NO6S/c1-3-5-7-9-11-13-15-16-17-18-19-21-23-25-27-29-31-35(39)36(40)37-33(32-44(41,42)43)34(38)30-28-26-24-22-20-14-12-10-8-6-4-2/h11,13,16-17,20,22,28,30,33-35,38-39H,3-10,12,14-15,18-19,21,23-27,29,31-32H2,1-2H3,(H,37,40)(H,41,42,43)/b13-11-,17-16-,22-20+,30-28+. The predicted molar refractivity (Wildman–Crippen MR) is 185 cm³/mol. The van der Waals surface area contributed by atoms with Crippen molar-refractivity contribution in [1.82, 2.24) is 5.32 Å². The molecule has 3 unspecified atom stereocenters. The molecule has 4 N–H and O–H groups in total. The van der Waals surface area contributed by atoms with Crippen molar-refractivity contribution < 1.29 is 28.0 Å². The molecular weight excluding hydrogens is 574 g/mol. The van der Waals surface area contributed by atoms with Crippen molar-refractivity contribution in [3.8, 4) is 0 Å². The van der Waals surface area contributed by atoms with Crippen molar-refractivity contribution in [3.63, 3.8) is 0 Å². The van der Waals surface area contributed by atoms with Gasteiger partial charge in [-0.05, 0) is 64.2 Å². The molecule has 0 heterocycles. The summed E-state index contributed by atoms with van der Waals surface area (Å²) in [6, 6.07) is -1.25. The molecule has 44 heavy (non-hydrogen) atoms. The Morgan fingerprint density at radius 1 is 0.636 bits per heavy atom. The maximum atomic E-state index is 12.5. The summed E-state index contributed by atoms with van der Waals surface area (Å²) in [5.74, 6) is -1.57. The number of carbonyl (C=O) groups excluding carboxylic acids is 1. The van der Waals surface area contributed by atoms with E-state index in [2.05, 4.69) is 55.6 Å². The lowest BCUT2D eigenvalue weighted by molar-refractivity contribution is -0.130. The van der Waals surface area contributed by atoms with Gasteiger partial charge in [0.05, 0.1) is 17.9 Å². The zero-order chi connectivity index (χ0) is 32.7. The first-order chi connectivity index (χ1) is 21.2. The van der Waals surface area contributed by atoms with Gasteiger partial charge in [-0.15, -0.1) is 0 Å². The lowest BCUT2D eigenvalue weighted by Gasteiger charge is -2.22. The summed E-state index contributed by atoms with van der Waals surface area (Å²) < 4.78 is 32.3. The van der Waals surface area contributed by atoms with Gasteiger partial charge >= 0.3 is 0 Å². The summed E-state index contributed by atoms with van der Waals surface area (Å²) in [5.41, 5.74) is 0. The molecule has 0 aromatic heterocycles. The highest BCUT2D eigenvalue weighted by Gasteiger charge is 2.27. The molecular formula is C36H65NO6S. The van der Waals surface area contributed by atoms with Crippen LogP contribution in [0.3, 0.4) is 0 Å². The van der Waals surface area contributed by atoms with Crippen LogP contribution in [-0.4, -0.2) is 53.1 Å². The number of carbonyl (C=O) groups is 1. The van der Waals surface area contributed by atoms with Crippen LogP contribution in [0.2, 0.25) is 0 Å². The van der Waals surface area contributed by atoms with Gasteiger partial charge in [-0.25, -0.2) is 0 Å². The van der Waals surface area contributed by atoms with Gasteiger partial charge in [0.2, 0.25) is 5.91 Å². The molecule has 0 radical (unpaired) electrons. The van der Waals surface area contributed by atoms with Crippen LogP contribution in [0.4, 0.5) is 0 Å². The topological polar surface area (TPSA) is 124 Å². The number of amides is 1. The molecule has 0 bridgehead atoms. The molecule has 0 aliphatic rings. The molecule has 7 nitrogen and oxygen atoms in total. The summed E-state index contributed by atoms with van der Waals surface area (Å²) in [4.78, 5) is 12.5. The monoisotopic (exact) mass is 639 g/mol. The Bertz CT molecular complexity index is 896. The molecule has 0 fully saturated rings. The largest absolute Gasteiger partial charge is 0.387 e. The molecule has 8 heteroatoms. The van der Waals surface area contributed by atoms with Crippen LogP contribution < -0.4 is 5.32 Å². The number of hydrogen-bond donors (Lipinski definition) is 4. The summed E-state index contributed by atoms with van der Waals surface area (Å²) in [7, 11) is -4.45. The predicted octanol–water partition coefficient (Wildman–Crippen LogP) is 8.54. The lowest BCUT2D eigenvalue weighted by Crippen LogP contribution is -2.50. The highest BCUT2D eigenvalue weighted by molar-refractivity contribution is 7.85. The molecule has 0 aromatic carbocycles. The van der Waals surface area contributed by atoms with E-state index < -0.39 is 40.0 Å². The Morgan fingerprint density at radius 3 is 1.68 bits per heavy atom. The van der Waals surface area contributed by atoms with Crippen LogP contribution in [0, 0.1) is 0 Å². The number of allylic oxidation sites excluding steroid dienone is 7. The van der Waals surface area contributed by atoms with Gasteiger partial charge in [0.25, 0.3) is 10.1 Å². The molecule has 0 aliphatic heterocycles. The van der Waals surface area contributed by atoms with Crippen LogP contribution >= 0.6 is 0 Å². The highest BCUT2D eigenvalue weighted by Crippen LogP contribution is 2.12. The van der Waals surface area contributed by atoms with Crippen LogP contribution in [0.15, 0.2) is 48.6 Å². The fourth-order valence-corrected chi connectivity index (χ4v) is 5.59. The van der Waals surface area contributed by atoms with Gasteiger partial charge in [-0.1, -0.05) is 133 Å². The molecule has 0 aliphatic carbocycles. The Labute approximate surface area is 270 Å². The Balaban J connectivity index is 4.20. The Morgan fingerprint density at radius 2 is 1.09 bits per heavy atom. The van der Waals surface area contributed by atoms with Crippen molar-refractivity contribution in [3.05, 3.63) is 48.6 Å². The van der Waals surface area contributed by atoms with E-state index in [-0.39, 0.29) is 6.42 Å². The third-order valence-electron chi connectivity index (χ3n) is 7.59. The average Bonchev–Trinajstić information content (AvgIpc) is 2.98. The molecule has 0 rings (SSSR count). The van der Waals surface area contributed by atoms with E-state index in [1.165, 1.54) is 63.9 Å². The van der Waals surface area contributed by atoms with Crippen molar-refractivity contribution in [2.24, 2.45) is 0 Å². The quantitative estimate of drug-likeness (QED) is 0.0355. The minimum Gasteiger partial charge on any atom is -0.387 e. The van der Waals surface area contributed by atoms with E-state index in [0.717, 1.165) is 57.8 Å². The van der Waals surface area contributed by atoms with Gasteiger partial charge in [-0.2, -0.15) is 8.42 Å². The van der Waals surface area contributed by atoms with E-state index >= 15 is 0 Å². The van der Waals surface area contributed by atoms with Gasteiger partial charge < -0.3 is 15.5 Å².